The third-order valence-electron chi connectivity index (χ3n) is 5.53. The van der Waals surface area contributed by atoms with Gasteiger partial charge in [-0.3, -0.25) is 14.4 Å². The maximum absolute atomic E-state index is 14.1. The summed E-state index contributed by atoms with van der Waals surface area (Å²) in [4.78, 5) is 53.8. The molecule has 0 fully saturated rings. The van der Waals surface area contributed by atoms with Crippen molar-refractivity contribution < 1.29 is 23.9 Å². The van der Waals surface area contributed by atoms with Crippen LogP contribution in [0.2, 0.25) is 0 Å². The Hall–Kier alpha value is -3.10. The number of carbonyl (C=O) groups is 4. The van der Waals surface area contributed by atoms with Gasteiger partial charge in [0, 0.05) is 11.6 Å². The van der Waals surface area contributed by atoms with Crippen LogP contribution in [0.3, 0.4) is 0 Å². The number of nitrogens with two attached hydrogens (primary N) is 1. The van der Waals surface area contributed by atoms with Crippen LogP contribution >= 0.6 is 0 Å². The van der Waals surface area contributed by atoms with Gasteiger partial charge in [0.2, 0.25) is 17.7 Å². The quantitative estimate of drug-likeness (QED) is 0.430. The van der Waals surface area contributed by atoms with Crippen molar-refractivity contribution in [2.24, 2.45) is 5.73 Å². The number of amides is 4. The summed E-state index contributed by atoms with van der Waals surface area (Å²) < 4.78 is 5.32. The highest BCUT2D eigenvalue weighted by atomic mass is 16.6. The Morgan fingerprint density at radius 1 is 0.973 bits per heavy atom. The van der Waals surface area contributed by atoms with E-state index in [-0.39, 0.29) is 11.9 Å². The number of carbonyl (C=O) groups excluding carboxylic acids is 4. The van der Waals surface area contributed by atoms with Crippen LogP contribution in [0.1, 0.15) is 97.4 Å². The van der Waals surface area contributed by atoms with Crippen molar-refractivity contribution in [3.8, 4) is 0 Å². The third kappa shape index (κ3) is 10.4. The van der Waals surface area contributed by atoms with E-state index in [1.54, 1.807) is 41.5 Å². The Morgan fingerprint density at radius 3 is 1.95 bits per heavy atom. The van der Waals surface area contributed by atoms with Crippen LogP contribution in [0.4, 0.5) is 4.79 Å². The van der Waals surface area contributed by atoms with Crippen LogP contribution in [0.5, 0.6) is 0 Å². The molecule has 0 spiro atoms. The minimum atomic E-state index is -1.32. The van der Waals surface area contributed by atoms with Crippen molar-refractivity contribution >= 4 is 23.8 Å². The molecule has 4 N–H and O–H groups in total. The van der Waals surface area contributed by atoms with Gasteiger partial charge in [0.15, 0.2) is 0 Å². The smallest absolute Gasteiger partial charge is 0.408 e. The molecular formula is C28H46N4O5. The van der Waals surface area contributed by atoms with E-state index < -0.39 is 47.6 Å². The average Bonchev–Trinajstić information content (AvgIpc) is 2.67. The Bertz CT molecular complexity index is 958. The minimum Gasteiger partial charge on any atom is -0.444 e. The number of nitrogens with one attached hydrogen (secondary N) is 2. The van der Waals surface area contributed by atoms with Gasteiger partial charge in [-0.1, -0.05) is 42.7 Å². The van der Waals surface area contributed by atoms with E-state index in [1.165, 1.54) is 4.90 Å². The Balaban J connectivity index is 3.65. The van der Waals surface area contributed by atoms with Crippen LogP contribution in [0.15, 0.2) is 18.2 Å². The first-order valence-corrected chi connectivity index (χ1v) is 12.8. The first kappa shape index (κ1) is 31.9. The average molecular weight is 519 g/mol. The molecule has 3 atom stereocenters. The highest BCUT2D eigenvalue weighted by Gasteiger charge is 2.42. The molecule has 3 unspecified atom stereocenters. The SMILES string of the molecule is CCCC(C)NC(=O)C(c1cc(C)cc(C)c1)N(C(=O)C(CC(N)=O)NC(=O)OC(C)(C)C)C(C)(C)C. The number of nitrogens with zero attached hydrogens (tertiary/aromatic N) is 1. The summed E-state index contributed by atoms with van der Waals surface area (Å²) in [5, 5.41) is 5.54. The van der Waals surface area contributed by atoms with Crippen LogP contribution in [0, 0.1) is 13.8 Å². The summed E-state index contributed by atoms with van der Waals surface area (Å²) in [6, 6.07) is 3.30. The molecule has 0 aromatic heterocycles. The van der Waals surface area contributed by atoms with E-state index in [2.05, 4.69) is 10.6 Å². The molecule has 9 heteroatoms. The fourth-order valence-corrected chi connectivity index (χ4v) is 4.28. The van der Waals surface area contributed by atoms with Crippen molar-refractivity contribution in [2.45, 2.75) is 118 Å². The van der Waals surface area contributed by atoms with Crippen LogP contribution < -0.4 is 16.4 Å². The van der Waals surface area contributed by atoms with Gasteiger partial charge < -0.3 is 26.0 Å². The number of hydrogen-bond acceptors (Lipinski definition) is 5. The molecule has 0 heterocycles. The van der Waals surface area contributed by atoms with Crippen molar-refractivity contribution in [2.75, 3.05) is 0 Å². The molecule has 0 radical (unpaired) electrons. The molecule has 9 nitrogen and oxygen atoms in total. The summed E-state index contributed by atoms with van der Waals surface area (Å²) in [5.41, 5.74) is 6.29. The van der Waals surface area contributed by atoms with Crippen molar-refractivity contribution in [1.29, 1.82) is 0 Å². The number of aryl methyl sites for hydroxylation is 2. The predicted octanol–water partition coefficient (Wildman–Crippen LogP) is 4.05. The van der Waals surface area contributed by atoms with Gasteiger partial charge in [-0.15, -0.1) is 0 Å². The van der Waals surface area contributed by atoms with E-state index >= 15 is 0 Å². The van der Waals surface area contributed by atoms with Crippen molar-refractivity contribution in [3.05, 3.63) is 34.9 Å². The van der Waals surface area contributed by atoms with Crippen LogP contribution in [-0.4, -0.2) is 51.9 Å². The third-order valence-corrected chi connectivity index (χ3v) is 5.53. The molecule has 1 rings (SSSR count). The molecule has 37 heavy (non-hydrogen) atoms. The van der Waals surface area contributed by atoms with Gasteiger partial charge in [-0.05, 0) is 74.3 Å². The molecule has 0 bridgehead atoms. The summed E-state index contributed by atoms with van der Waals surface area (Å²) >= 11 is 0. The summed E-state index contributed by atoms with van der Waals surface area (Å²) in [6.07, 6.45) is 0.361. The summed E-state index contributed by atoms with van der Waals surface area (Å²) in [6.45, 7) is 18.3. The molecule has 208 valence electrons. The number of rotatable bonds is 10. The summed E-state index contributed by atoms with van der Waals surface area (Å²) in [7, 11) is 0. The maximum Gasteiger partial charge on any atom is 0.408 e. The van der Waals surface area contributed by atoms with Crippen molar-refractivity contribution in [1.82, 2.24) is 15.5 Å². The van der Waals surface area contributed by atoms with Gasteiger partial charge >= 0.3 is 6.09 Å². The molecule has 0 aliphatic carbocycles. The molecule has 1 aromatic carbocycles. The molecular weight excluding hydrogens is 472 g/mol. The first-order chi connectivity index (χ1) is 16.9. The van der Waals surface area contributed by atoms with Gasteiger partial charge in [-0.2, -0.15) is 0 Å². The largest absolute Gasteiger partial charge is 0.444 e. The Kier molecular flexibility index (Phi) is 11.2. The normalized spacial score (nSPS) is 14.2. The molecule has 4 amide bonds. The zero-order valence-electron chi connectivity index (χ0n) is 24.2. The second-order valence-electron chi connectivity index (χ2n) is 11.8. The van der Waals surface area contributed by atoms with Gasteiger partial charge in [0.25, 0.3) is 0 Å². The zero-order chi connectivity index (χ0) is 28.7. The lowest BCUT2D eigenvalue weighted by Gasteiger charge is -2.43. The molecule has 1 aromatic rings. The van der Waals surface area contributed by atoms with E-state index in [1.807, 2.05) is 45.9 Å². The maximum atomic E-state index is 14.1. The number of alkyl carbamates (subject to hydrolysis) is 1. The minimum absolute atomic E-state index is 0.107. The van der Waals surface area contributed by atoms with Crippen molar-refractivity contribution in [3.63, 3.8) is 0 Å². The van der Waals surface area contributed by atoms with E-state index in [9.17, 15) is 19.2 Å². The van der Waals surface area contributed by atoms with Gasteiger partial charge in [0.05, 0.1) is 6.42 Å². The molecule has 0 saturated heterocycles. The Morgan fingerprint density at radius 2 is 1.51 bits per heavy atom. The van der Waals surface area contributed by atoms with Gasteiger partial charge in [-0.25, -0.2) is 4.79 Å². The van der Waals surface area contributed by atoms with Gasteiger partial charge in [0.1, 0.15) is 17.7 Å². The second kappa shape index (κ2) is 12.9. The van der Waals surface area contributed by atoms with Crippen LogP contribution in [0.25, 0.3) is 0 Å². The number of ether oxygens (including phenoxy) is 1. The molecule has 0 saturated carbocycles. The monoisotopic (exact) mass is 518 g/mol. The predicted molar refractivity (Wildman–Crippen MR) is 145 cm³/mol. The lowest BCUT2D eigenvalue weighted by molar-refractivity contribution is -0.149. The van der Waals surface area contributed by atoms with E-state index in [4.69, 9.17) is 10.5 Å². The lowest BCUT2D eigenvalue weighted by atomic mass is 9.93. The fraction of sp³-hybridized carbons (Fsp3) is 0.643. The highest BCUT2D eigenvalue weighted by molar-refractivity contribution is 5.95. The number of primary amides is 1. The van der Waals surface area contributed by atoms with E-state index in [0.29, 0.717) is 5.56 Å². The lowest BCUT2D eigenvalue weighted by Crippen LogP contribution is -2.59. The topological polar surface area (TPSA) is 131 Å². The molecule has 0 aliphatic rings. The molecule has 0 aliphatic heterocycles. The van der Waals surface area contributed by atoms with E-state index in [0.717, 1.165) is 24.0 Å². The highest BCUT2D eigenvalue weighted by Crippen LogP contribution is 2.31. The first-order valence-electron chi connectivity index (χ1n) is 12.8. The zero-order valence-corrected chi connectivity index (χ0v) is 24.2. The Labute approximate surface area is 221 Å². The number of hydrogen-bond donors (Lipinski definition) is 3. The fourth-order valence-electron chi connectivity index (χ4n) is 4.28. The van der Waals surface area contributed by atoms with Crippen LogP contribution in [-0.2, 0) is 19.1 Å². The standard InChI is InChI=1S/C28H46N4O5/c1-11-12-19(4)30-24(34)23(20-14-17(2)13-18(3)15-20)32(27(5,6)7)25(35)21(16-22(29)33)31-26(36)37-28(8,9)10/h13-15,19,21,23H,11-12,16H2,1-10H3,(H2,29,33)(H,30,34)(H,31,36). The summed E-state index contributed by atoms with van der Waals surface area (Å²) in [5.74, 6) is -1.73. The second-order valence-corrected chi connectivity index (χ2v) is 11.8. The number of benzene rings is 1.